The number of rotatable bonds is 2. The molecule has 4 N–H and O–H groups in total. The number of nitrogens with zero attached hydrogens (tertiary/aromatic N) is 1. The lowest BCUT2D eigenvalue weighted by atomic mass is 9.80. The van der Waals surface area contributed by atoms with Gasteiger partial charge in [-0.1, -0.05) is 45.9 Å². The third-order valence-electron chi connectivity index (χ3n) is 11.1. The maximum atomic E-state index is 14.5. The van der Waals surface area contributed by atoms with Gasteiger partial charge in [0.15, 0.2) is 22.4 Å². The molecule has 14 nitrogen and oxygen atoms in total. The summed E-state index contributed by atoms with van der Waals surface area (Å²) in [7, 11) is 1.50. The number of aliphatic hydroxyl groups is 2. The van der Waals surface area contributed by atoms with Gasteiger partial charge in [-0.25, -0.2) is 4.98 Å². The van der Waals surface area contributed by atoms with E-state index >= 15 is 0 Å². The van der Waals surface area contributed by atoms with E-state index in [-0.39, 0.29) is 83.9 Å². The number of esters is 1. The summed E-state index contributed by atoms with van der Waals surface area (Å²) in [6, 6.07) is 3.91. The Kier molecular flexibility index (Phi) is 11.2. The van der Waals surface area contributed by atoms with E-state index in [1.807, 2.05) is 27.7 Å². The topological polar surface area (TPSA) is 204 Å². The smallest absolute Gasteiger partial charge is 0.307 e. The van der Waals surface area contributed by atoms with Crippen LogP contribution in [0, 0.1) is 30.6 Å². The quantitative estimate of drug-likeness (QED) is 0.111. The zero-order valence-electron chi connectivity index (χ0n) is 33.3. The van der Waals surface area contributed by atoms with Crippen molar-refractivity contribution in [3.63, 3.8) is 0 Å². The van der Waals surface area contributed by atoms with Crippen molar-refractivity contribution in [2.24, 2.45) is 23.7 Å². The number of aliphatic hydroxyl groups excluding tert-OH is 2. The fourth-order valence-corrected chi connectivity index (χ4v) is 7.87. The summed E-state index contributed by atoms with van der Waals surface area (Å²) in [5, 5.41) is 37.2. The first-order chi connectivity index (χ1) is 26.9. The number of hydrogen-bond donors (Lipinski definition) is 4. The number of aromatic hydroxyl groups is 1. The second-order valence-corrected chi connectivity index (χ2v) is 15.4. The second kappa shape index (κ2) is 15.7. The van der Waals surface area contributed by atoms with Gasteiger partial charge in [0, 0.05) is 55.4 Å². The lowest BCUT2D eigenvalue weighted by Crippen LogP contribution is -2.39. The Morgan fingerprint density at radius 1 is 1.04 bits per heavy atom. The van der Waals surface area contributed by atoms with Crippen LogP contribution in [0.25, 0.3) is 38.7 Å². The molecule has 2 aliphatic rings. The summed E-state index contributed by atoms with van der Waals surface area (Å²) in [5.74, 6) is -5.18. The van der Waals surface area contributed by atoms with Crippen LogP contribution in [0.15, 0.2) is 68.3 Å². The SMILES string of the molecule is CO[C@H]1/C=C/O[C@@]2(C)Oc3c(C)c(O)c4c(=O)c(c5oc6cc(=O)ccc6nc5c4c3=C2O)NC(=O)/C(C)=C\C=C\[C@H](C)[C@H](O)[C@@H](C)C[C@@H](C)[C@H](OC(C)=O)[C@@H]1C. The number of allylic oxidation sites excluding steroid dienone is 2. The van der Waals surface area contributed by atoms with Crippen molar-refractivity contribution in [2.75, 3.05) is 12.4 Å². The van der Waals surface area contributed by atoms with Gasteiger partial charge in [0.25, 0.3) is 5.91 Å². The van der Waals surface area contributed by atoms with Gasteiger partial charge in [0.1, 0.15) is 34.3 Å². The Bertz CT molecular complexity index is 2560. The number of ether oxygens (including phenoxy) is 4. The molecule has 0 saturated carbocycles. The predicted molar refractivity (Wildman–Crippen MR) is 214 cm³/mol. The molecule has 0 saturated heterocycles. The molecule has 6 rings (SSSR count). The van der Waals surface area contributed by atoms with Gasteiger partial charge < -0.3 is 44.0 Å². The van der Waals surface area contributed by atoms with Gasteiger partial charge in [-0.15, -0.1) is 0 Å². The van der Waals surface area contributed by atoms with Gasteiger partial charge in [-0.05, 0) is 50.3 Å². The number of carbonyl (C=O) groups is 2. The minimum Gasteiger partial charge on any atom is -0.507 e. The molecule has 1 aromatic heterocycles. The summed E-state index contributed by atoms with van der Waals surface area (Å²) < 4.78 is 30.1. The van der Waals surface area contributed by atoms with E-state index in [9.17, 15) is 34.5 Å². The Hall–Kier alpha value is -5.73. The molecule has 0 radical (unpaired) electrons. The molecule has 0 unspecified atom stereocenters. The van der Waals surface area contributed by atoms with E-state index in [1.165, 1.54) is 65.3 Å². The first kappa shape index (κ1) is 40.9. The van der Waals surface area contributed by atoms with Gasteiger partial charge >= 0.3 is 11.8 Å². The minimum atomic E-state index is -1.90. The summed E-state index contributed by atoms with van der Waals surface area (Å²) in [6.45, 7) is 13.4. The molecule has 57 heavy (non-hydrogen) atoms. The number of carbonyl (C=O) groups excluding carboxylic acids is 2. The molecule has 3 aromatic carbocycles. The molecule has 0 fully saturated rings. The largest absolute Gasteiger partial charge is 0.507 e. The number of anilines is 1. The van der Waals surface area contributed by atoms with Gasteiger partial charge in [-0.2, -0.15) is 0 Å². The van der Waals surface area contributed by atoms with E-state index in [2.05, 4.69) is 5.32 Å². The van der Waals surface area contributed by atoms with Gasteiger partial charge in [0.05, 0.1) is 29.1 Å². The van der Waals surface area contributed by atoms with Crippen LogP contribution in [-0.4, -0.2) is 63.4 Å². The third-order valence-corrected chi connectivity index (χ3v) is 11.1. The lowest BCUT2D eigenvalue weighted by molar-refractivity contribution is -0.155. The average molecular weight is 785 g/mol. The highest BCUT2D eigenvalue weighted by atomic mass is 16.7. The van der Waals surface area contributed by atoms with Crippen molar-refractivity contribution in [1.29, 1.82) is 0 Å². The second-order valence-electron chi connectivity index (χ2n) is 15.4. The van der Waals surface area contributed by atoms with Crippen LogP contribution in [-0.2, 0) is 23.8 Å². The summed E-state index contributed by atoms with van der Waals surface area (Å²) in [5.41, 5.74) is -1.31. The van der Waals surface area contributed by atoms with Crippen molar-refractivity contribution in [2.45, 2.75) is 85.9 Å². The molecule has 14 heteroatoms. The molecule has 0 spiro atoms. The number of phenols is 1. The molecule has 2 aliphatic heterocycles. The Morgan fingerprint density at radius 3 is 2.44 bits per heavy atom. The number of hydrogen-bond acceptors (Lipinski definition) is 13. The molecule has 1 amide bonds. The molecule has 4 bridgehead atoms. The van der Waals surface area contributed by atoms with Crippen molar-refractivity contribution in [3.05, 3.63) is 85.6 Å². The molecule has 3 heterocycles. The van der Waals surface area contributed by atoms with E-state index in [1.54, 1.807) is 18.2 Å². The van der Waals surface area contributed by atoms with Crippen LogP contribution < -0.4 is 26.1 Å². The lowest BCUT2D eigenvalue weighted by Gasteiger charge is -2.34. The fraction of sp³-hybridized carbons (Fsp3) is 0.419. The highest BCUT2D eigenvalue weighted by molar-refractivity contribution is 6.16. The van der Waals surface area contributed by atoms with Crippen LogP contribution in [0.4, 0.5) is 5.69 Å². The van der Waals surface area contributed by atoms with E-state index in [0.29, 0.717) is 6.42 Å². The van der Waals surface area contributed by atoms with Crippen molar-refractivity contribution >= 4 is 56.3 Å². The maximum Gasteiger partial charge on any atom is 0.307 e. The molecule has 0 aliphatic carbocycles. The Labute approximate surface area is 328 Å². The zero-order valence-corrected chi connectivity index (χ0v) is 33.3. The third kappa shape index (κ3) is 7.46. The molecular weight excluding hydrogens is 736 g/mol. The number of phenolic OH excluding ortho intramolecular Hbond substituents is 1. The minimum absolute atomic E-state index is 0.000163. The molecular formula is C43H48N2O12. The van der Waals surface area contributed by atoms with Crippen LogP contribution in [0.3, 0.4) is 0 Å². The number of aromatic nitrogens is 1. The molecule has 8 atom stereocenters. The number of fused-ring (bicyclic) bond motifs is 2. The fourth-order valence-electron chi connectivity index (χ4n) is 7.87. The number of methoxy groups -OCH3 is 1. The highest BCUT2D eigenvalue weighted by Crippen LogP contribution is 2.42. The van der Waals surface area contributed by atoms with E-state index in [4.69, 9.17) is 28.3 Å². The van der Waals surface area contributed by atoms with Crippen molar-refractivity contribution in [3.8, 4) is 11.5 Å². The zero-order chi connectivity index (χ0) is 41.7. The first-order valence-corrected chi connectivity index (χ1v) is 18.8. The highest BCUT2D eigenvalue weighted by Gasteiger charge is 2.43. The standard InChI is InChI=1S/C43H48N2O12/c1-19-11-10-12-20(2)42(52)45-34-37(50)31-30(33-40(34)56-29-18-26(47)13-14-27(29)44-33)32-39(24(6)36(31)49)57-43(8,41(32)51)54-16-15-28(53-9)23(5)38(55-25(7)46)22(4)17-21(3)35(19)48/h10-16,18-19,21-23,28,35,38,48-49,51H,17H2,1-9H3,(H,45,52)/b11-10+,16-15+,20-12-/t19-,21-,22+,23+,28-,35-,38-,43-/m0/s1. The predicted octanol–water partition coefficient (Wildman–Crippen LogP) is 5.59. The Morgan fingerprint density at radius 2 is 1.75 bits per heavy atom. The average Bonchev–Trinajstić information content (AvgIpc) is 3.43. The number of amides is 1. The van der Waals surface area contributed by atoms with Gasteiger partial charge in [0.2, 0.25) is 5.43 Å². The van der Waals surface area contributed by atoms with Crippen LogP contribution in [0.2, 0.25) is 0 Å². The van der Waals surface area contributed by atoms with Gasteiger partial charge in [-0.3, -0.25) is 19.2 Å². The summed E-state index contributed by atoms with van der Waals surface area (Å²) in [4.78, 5) is 57.5. The van der Waals surface area contributed by atoms with Crippen molar-refractivity contribution < 1.29 is 48.3 Å². The molecule has 302 valence electrons. The summed E-state index contributed by atoms with van der Waals surface area (Å²) >= 11 is 0. The van der Waals surface area contributed by atoms with Crippen molar-refractivity contribution in [1.82, 2.24) is 4.98 Å². The molecule has 4 aromatic rings. The normalized spacial score (nSPS) is 29.4. The summed E-state index contributed by atoms with van der Waals surface area (Å²) in [6.07, 6.45) is 6.24. The van der Waals surface area contributed by atoms with Crippen LogP contribution in [0.1, 0.15) is 60.5 Å². The monoisotopic (exact) mass is 784 g/mol. The maximum absolute atomic E-state index is 14.5. The number of benzene rings is 3. The first-order valence-electron chi connectivity index (χ1n) is 18.8. The van der Waals surface area contributed by atoms with Crippen LogP contribution in [0.5, 0.6) is 11.5 Å². The van der Waals surface area contributed by atoms with Crippen LogP contribution >= 0.6 is 0 Å². The number of nitrogens with one attached hydrogen (secondary N) is 1. The Balaban J connectivity index is 1.62. The van der Waals surface area contributed by atoms with E-state index < -0.39 is 58.8 Å². The van der Waals surface area contributed by atoms with E-state index in [0.717, 1.165) is 0 Å².